The van der Waals surface area contributed by atoms with Crippen LogP contribution in [0.5, 0.6) is 0 Å². The molecule has 2 bridgehead atoms. The minimum Gasteiger partial charge on any atom is -0.457 e. The molecule has 0 amide bonds. The van der Waals surface area contributed by atoms with Crippen molar-refractivity contribution >= 4 is 5.97 Å². The zero-order chi connectivity index (χ0) is 24.7. The number of fused-ring (bicyclic) bond motifs is 2. The SMILES string of the molecule is COC1CCCCC(c2ccccc2)OC(=O)CC2(O)CC(O)C(C)C(O2)C(C)CCC1OC. The number of hydrogen-bond acceptors (Lipinski definition) is 7. The molecule has 34 heavy (non-hydrogen) atoms. The van der Waals surface area contributed by atoms with Gasteiger partial charge in [-0.15, -0.1) is 0 Å². The van der Waals surface area contributed by atoms with Crippen molar-refractivity contribution in [2.45, 2.75) is 102 Å². The second-order valence-corrected chi connectivity index (χ2v) is 10.1. The van der Waals surface area contributed by atoms with Crippen molar-refractivity contribution < 1.29 is 34.0 Å². The van der Waals surface area contributed by atoms with Crippen LogP contribution in [0.4, 0.5) is 0 Å². The fourth-order valence-corrected chi connectivity index (χ4v) is 5.45. The summed E-state index contributed by atoms with van der Waals surface area (Å²) in [6.45, 7) is 3.99. The average Bonchev–Trinajstić information content (AvgIpc) is 2.81. The van der Waals surface area contributed by atoms with Gasteiger partial charge in [-0.25, -0.2) is 0 Å². The van der Waals surface area contributed by atoms with E-state index in [-0.39, 0.29) is 36.9 Å². The number of ether oxygens (including phenoxy) is 4. The predicted molar refractivity (Wildman–Crippen MR) is 128 cm³/mol. The largest absolute Gasteiger partial charge is 0.457 e. The zero-order valence-corrected chi connectivity index (χ0v) is 21.0. The van der Waals surface area contributed by atoms with E-state index >= 15 is 0 Å². The Morgan fingerprint density at radius 3 is 2.29 bits per heavy atom. The van der Waals surface area contributed by atoms with Crippen LogP contribution in [-0.4, -0.2) is 60.6 Å². The van der Waals surface area contributed by atoms with Crippen LogP contribution in [0.2, 0.25) is 0 Å². The molecule has 8 atom stereocenters. The summed E-state index contributed by atoms with van der Waals surface area (Å²) in [5.41, 5.74) is 0.923. The molecular formula is C27H42O7. The first-order valence-electron chi connectivity index (χ1n) is 12.6. The standard InChI is InChI=1S/C27H42O7/c1-18-14-15-24(32-4)23(31-3)13-9-8-12-22(20-10-6-5-7-11-20)33-25(29)17-27(30)16-21(28)19(2)26(18)34-27/h5-7,10-11,18-19,21-24,26,28,30H,8-9,12-17H2,1-4H3. The molecule has 8 unspecified atom stereocenters. The second-order valence-electron chi connectivity index (χ2n) is 10.1. The first-order valence-corrected chi connectivity index (χ1v) is 12.6. The third-order valence-electron chi connectivity index (χ3n) is 7.57. The molecule has 0 radical (unpaired) electrons. The molecule has 7 nitrogen and oxygen atoms in total. The highest BCUT2D eigenvalue weighted by Gasteiger charge is 2.47. The Morgan fingerprint density at radius 1 is 0.971 bits per heavy atom. The van der Waals surface area contributed by atoms with Gasteiger partial charge in [-0.05, 0) is 43.6 Å². The van der Waals surface area contributed by atoms with E-state index in [0.29, 0.717) is 6.42 Å². The molecule has 2 N–H and O–H groups in total. The molecule has 3 rings (SSSR count). The lowest BCUT2D eigenvalue weighted by atomic mass is 9.80. The Labute approximate surface area is 203 Å². The molecule has 2 heterocycles. The monoisotopic (exact) mass is 478 g/mol. The van der Waals surface area contributed by atoms with Crippen molar-refractivity contribution in [3.8, 4) is 0 Å². The number of benzene rings is 1. The molecule has 0 spiro atoms. The zero-order valence-electron chi connectivity index (χ0n) is 21.0. The van der Waals surface area contributed by atoms with Gasteiger partial charge in [0.2, 0.25) is 0 Å². The molecule has 192 valence electrons. The molecule has 0 aliphatic carbocycles. The maximum absolute atomic E-state index is 12.9. The Kier molecular flexibility index (Phi) is 9.92. The van der Waals surface area contributed by atoms with Gasteiger partial charge >= 0.3 is 5.97 Å². The molecule has 1 aromatic carbocycles. The fraction of sp³-hybridized carbons (Fsp3) is 0.741. The van der Waals surface area contributed by atoms with Gasteiger partial charge < -0.3 is 29.2 Å². The maximum Gasteiger partial charge on any atom is 0.311 e. The number of esters is 1. The number of aliphatic hydroxyl groups excluding tert-OH is 1. The summed E-state index contributed by atoms with van der Waals surface area (Å²) in [4.78, 5) is 12.9. The Bertz CT molecular complexity index is 757. The third-order valence-corrected chi connectivity index (χ3v) is 7.57. The van der Waals surface area contributed by atoms with Gasteiger partial charge in [0.15, 0.2) is 5.79 Å². The second kappa shape index (κ2) is 12.5. The van der Waals surface area contributed by atoms with E-state index in [2.05, 4.69) is 6.92 Å². The van der Waals surface area contributed by atoms with E-state index in [4.69, 9.17) is 18.9 Å². The summed E-state index contributed by atoms with van der Waals surface area (Å²) < 4.78 is 23.6. The highest BCUT2D eigenvalue weighted by molar-refractivity contribution is 5.70. The van der Waals surface area contributed by atoms with Gasteiger partial charge in [0.05, 0.1) is 30.8 Å². The number of rotatable bonds is 3. The Balaban J connectivity index is 1.85. The molecule has 2 aliphatic rings. The lowest BCUT2D eigenvalue weighted by Crippen LogP contribution is -2.54. The van der Waals surface area contributed by atoms with E-state index in [1.165, 1.54) is 0 Å². The van der Waals surface area contributed by atoms with Crippen LogP contribution in [-0.2, 0) is 23.7 Å². The number of hydrogen-bond donors (Lipinski definition) is 2. The third kappa shape index (κ3) is 7.01. The van der Waals surface area contributed by atoms with Crippen LogP contribution in [0.15, 0.2) is 30.3 Å². The molecule has 2 aliphatic heterocycles. The lowest BCUT2D eigenvalue weighted by Gasteiger charge is -2.45. The summed E-state index contributed by atoms with van der Waals surface area (Å²) in [5, 5.41) is 21.9. The lowest BCUT2D eigenvalue weighted by molar-refractivity contribution is -0.298. The normalized spacial score (nSPS) is 38.8. The average molecular weight is 479 g/mol. The number of carbonyl (C=O) groups excluding carboxylic acids is 1. The van der Waals surface area contributed by atoms with Crippen LogP contribution in [0.1, 0.15) is 76.9 Å². The predicted octanol–water partition coefficient (Wildman–Crippen LogP) is 4.16. The molecule has 1 aromatic rings. The van der Waals surface area contributed by atoms with Crippen molar-refractivity contribution in [2.75, 3.05) is 14.2 Å². The first kappa shape index (κ1) is 27.1. The highest BCUT2D eigenvalue weighted by atomic mass is 16.6. The smallest absolute Gasteiger partial charge is 0.311 e. The molecule has 7 heteroatoms. The quantitative estimate of drug-likeness (QED) is 0.630. The minimum atomic E-state index is -1.75. The summed E-state index contributed by atoms with van der Waals surface area (Å²) in [6.07, 6.45) is 2.90. The van der Waals surface area contributed by atoms with E-state index in [9.17, 15) is 15.0 Å². The van der Waals surface area contributed by atoms with Gasteiger partial charge in [-0.3, -0.25) is 4.79 Å². The van der Waals surface area contributed by atoms with Crippen LogP contribution in [0, 0.1) is 11.8 Å². The van der Waals surface area contributed by atoms with E-state index in [1.54, 1.807) is 14.2 Å². The van der Waals surface area contributed by atoms with Crippen LogP contribution < -0.4 is 0 Å². The van der Waals surface area contributed by atoms with Crippen molar-refractivity contribution in [3.05, 3.63) is 35.9 Å². The summed E-state index contributed by atoms with van der Waals surface area (Å²) >= 11 is 0. The van der Waals surface area contributed by atoms with E-state index in [1.807, 2.05) is 37.3 Å². The maximum atomic E-state index is 12.9. The van der Waals surface area contributed by atoms with Crippen molar-refractivity contribution in [3.63, 3.8) is 0 Å². The molecular weight excluding hydrogens is 436 g/mol. The first-order chi connectivity index (χ1) is 16.3. The summed E-state index contributed by atoms with van der Waals surface area (Å²) in [7, 11) is 3.43. The van der Waals surface area contributed by atoms with Gasteiger partial charge in [0.25, 0.3) is 0 Å². The van der Waals surface area contributed by atoms with Crippen molar-refractivity contribution in [2.24, 2.45) is 11.8 Å². The van der Waals surface area contributed by atoms with Gasteiger partial charge in [-0.1, -0.05) is 50.6 Å². The number of aliphatic hydroxyl groups is 2. The molecule has 0 aromatic heterocycles. The fourth-order valence-electron chi connectivity index (χ4n) is 5.45. The van der Waals surface area contributed by atoms with E-state index < -0.39 is 30.1 Å². The number of carbonyl (C=O) groups is 1. The Morgan fingerprint density at radius 2 is 1.62 bits per heavy atom. The number of cyclic esters (lactones) is 1. The summed E-state index contributed by atoms with van der Waals surface area (Å²) in [6, 6.07) is 9.67. The van der Waals surface area contributed by atoms with Gasteiger partial charge in [-0.2, -0.15) is 0 Å². The highest BCUT2D eigenvalue weighted by Crippen LogP contribution is 2.39. The van der Waals surface area contributed by atoms with Crippen LogP contribution in [0.25, 0.3) is 0 Å². The van der Waals surface area contributed by atoms with Crippen LogP contribution >= 0.6 is 0 Å². The summed E-state index contributed by atoms with van der Waals surface area (Å²) in [5.74, 6) is -2.39. The van der Waals surface area contributed by atoms with Gasteiger partial charge in [0, 0.05) is 26.6 Å². The van der Waals surface area contributed by atoms with Crippen molar-refractivity contribution in [1.29, 1.82) is 0 Å². The topological polar surface area (TPSA) is 94.5 Å². The van der Waals surface area contributed by atoms with E-state index in [0.717, 1.165) is 37.7 Å². The molecule has 2 saturated heterocycles. The molecule has 2 fully saturated rings. The molecule has 0 saturated carbocycles. The minimum absolute atomic E-state index is 0.0189. The van der Waals surface area contributed by atoms with Crippen molar-refractivity contribution in [1.82, 2.24) is 0 Å². The Hall–Kier alpha value is -1.51. The number of methoxy groups -OCH3 is 2. The van der Waals surface area contributed by atoms with Gasteiger partial charge in [0.1, 0.15) is 6.10 Å². The van der Waals surface area contributed by atoms with Crippen LogP contribution in [0.3, 0.4) is 0 Å².